The van der Waals surface area contributed by atoms with Crippen molar-refractivity contribution in [2.24, 2.45) is 0 Å². The molecule has 1 unspecified atom stereocenters. The van der Waals surface area contributed by atoms with Gasteiger partial charge in [0.1, 0.15) is 9.88 Å². The average Bonchev–Trinajstić information content (AvgIpc) is 3.14. The summed E-state index contributed by atoms with van der Waals surface area (Å²) in [6.07, 6.45) is 0. The molecular formula is C21H15BrN2O3S. The Labute approximate surface area is 174 Å². The third-order valence-corrected chi connectivity index (χ3v) is 5.56. The maximum atomic E-state index is 13.1. The number of aromatic nitrogens is 1. The topological polar surface area (TPSA) is 80.1 Å². The van der Waals surface area contributed by atoms with E-state index in [1.165, 1.54) is 11.3 Å². The fourth-order valence-electron chi connectivity index (χ4n) is 2.58. The van der Waals surface area contributed by atoms with Gasteiger partial charge in [-0.1, -0.05) is 46.3 Å². The third kappa shape index (κ3) is 4.19. The fraction of sp³-hybridized carbons (Fsp3) is 0.143. The SMILES string of the molecule is CCOC(=O)C(C#N)c1nc(-c2ccccc2)sc1C(=O)c1ccc(Br)cc1. The highest BCUT2D eigenvalue weighted by atomic mass is 79.9. The molecule has 28 heavy (non-hydrogen) atoms. The second-order valence-corrected chi connectivity index (χ2v) is 7.66. The van der Waals surface area contributed by atoms with Crippen molar-refractivity contribution in [3.8, 4) is 16.6 Å². The number of nitriles is 1. The third-order valence-electron chi connectivity index (χ3n) is 3.91. The molecule has 0 saturated carbocycles. The zero-order valence-electron chi connectivity index (χ0n) is 14.9. The highest BCUT2D eigenvalue weighted by molar-refractivity contribution is 9.10. The van der Waals surface area contributed by atoms with Crippen LogP contribution >= 0.6 is 27.3 Å². The fourth-order valence-corrected chi connectivity index (χ4v) is 3.91. The molecule has 0 radical (unpaired) electrons. The van der Waals surface area contributed by atoms with Crippen molar-refractivity contribution in [2.45, 2.75) is 12.8 Å². The number of rotatable bonds is 6. The van der Waals surface area contributed by atoms with Gasteiger partial charge in [0, 0.05) is 15.6 Å². The molecule has 0 aliphatic heterocycles. The standard InChI is InChI=1S/C21H15BrN2O3S/c1-2-27-21(26)16(12-23)17-19(18(25)13-8-10-15(22)11-9-13)28-20(24-17)14-6-4-3-5-7-14/h3-11,16H,2H2,1H3. The van der Waals surface area contributed by atoms with Crippen LogP contribution in [0.4, 0.5) is 0 Å². The molecule has 2 aromatic carbocycles. The van der Waals surface area contributed by atoms with Crippen LogP contribution in [0, 0.1) is 11.3 Å². The summed E-state index contributed by atoms with van der Waals surface area (Å²) in [5, 5.41) is 10.1. The molecule has 0 amide bonds. The quantitative estimate of drug-likeness (QED) is 0.387. The Morgan fingerprint density at radius 3 is 2.46 bits per heavy atom. The van der Waals surface area contributed by atoms with E-state index in [4.69, 9.17) is 4.74 Å². The molecule has 0 saturated heterocycles. The first-order valence-corrected chi connectivity index (χ1v) is 10.1. The van der Waals surface area contributed by atoms with E-state index in [-0.39, 0.29) is 23.0 Å². The lowest BCUT2D eigenvalue weighted by Gasteiger charge is -2.08. The lowest BCUT2D eigenvalue weighted by molar-refractivity contribution is -0.143. The first kappa shape index (κ1) is 19.9. The highest BCUT2D eigenvalue weighted by Gasteiger charge is 2.31. The normalized spacial score (nSPS) is 11.5. The van der Waals surface area contributed by atoms with E-state index in [0.717, 1.165) is 10.0 Å². The Hall–Kier alpha value is -2.82. The van der Waals surface area contributed by atoms with Crippen LogP contribution in [0.2, 0.25) is 0 Å². The Morgan fingerprint density at radius 2 is 1.86 bits per heavy atom. The number of carbonyl (C=O) groups is 2. The van der Waals surface area contributed by atoms with Crippen molar-refractivity contribution >= 4 is 39.0 Å². The number of nitrogens with zero attached hydrogens (tertiary/aromatic N) is 2. The molecule has 3 rings (SSSR count). The Morgan fingerprint density at radius 1 is 1.18 bits per heavy atom. The predicted octanol–water partition coefficient (Wildman–Crippen LogP) is 4.97. The van der Waals surface area contributed by atoms with Crippen LogP contribution in [0.15, 0.2) is 59.1 Å². The average molecular weight is 455 g/mol. The number of carbonyl (C=O) groups excluding carboxylic acids is 2. The van der Waals surface area contributed by atoms with Gasteiger partial charge in [-0.25, -0.2) is 4.98 Å². The summed E-state index contributed by atoms with van der Waals surface area (Å²) in [5.41, 5.74) is 1.40. The maximum absolute atomic E-state index is 13.1. The molecule has 0 spiro atoms. The second-order valence-electron chi connectivity index (χ2n) is 5.75. The van der Waals surface area contributed by atoms with Crippen molar-refractivity contribution < 1.29 is 14.3 Å². The number of thiazole rings is 1. The molecular weight excluding hydrogens is 440 g/mol. The summed E-state index contributed by atoms with van der Waals surface area (Å²) < 4.78 is 5.85. The van der Waals surface area contributed by atoms with Crippen LogP contribution in [-0.4, -0.2) is 23.3 Å². The molecule has 5 nitrogen and oxygen atoms in total. The van der Waals surface area contributed by atoms with Gasteiger partial charge in [0.2, 0.25) is 5.78 Å². The lowest BCUT2D eigenvalue weighted by Crippen LogP contribution is -2.17. The molecule has 7 heteroatoms. The Bertz CT molecular complexity index is 1040. The van der Waals surface area contributed by atoms with Crippen molar-refractivity contribution in [1.82, 2.24) is 4.98 Å². The van der Waals surface area contributed by atoms with Gasteiger partial charge in [-0.3, -0.25) is 9.59 Å². The van der Waals surface area contributed by atoms with E-state index < -0.39 is 11.9 Å². The molecule has 0 N–H and O–H groups in total. The van der Waals surface area contributed by atoms with Gasteiger partial charge >= 0.3 is 5.97 Å². The molecule has 0 aliphatic rings. The van der Waals surface area contributed by atoms with Crippen molar-refractivity contribution in [3.05, 3.63) is 75.2 Å². The Balaban J connectivity index is 2.12. The zero-order valence-corrected chi connectivity index (χ0v) is 17.3. The van der Waals surface area contributed by atoms with E-state index >= 15 is 0 Å². The van der Waals surface area contributed by atoms with Crippen LogP contribution in [0.1, 0.15) is 33.8 Å². The van der Waals surface area contributed by atoms with Crippen LogP contribution < -0.4 is 0 Å². The van der Waals surface area contributed by atoms with Crippen molar-refractivity contribution in [3.63, 3.8) is 0 Å². The van der Waals surface area contributed by atoms with Crippen LogP contribution in [0.5, 0.6) is 0 Å². The van der Waals surface area contributed by atoms with Gasteiger partial charge in [0.25, 0.3) is 0 Å². The number of benzene rings is 2. The second kappa shape index (κ2) is 8.91. The molecule has 1 heterocycles. The zero-order chi connectivity index (χ0) is 20.1. The van der Waals surface area contributed by atoms with Gasteiger partial charge in [0.05, 0.1) is 18.4 Å². The monoisotopic (exact) mass is 454 g/mol. The summed E-state index contributed by atoms with van der Waals surface area (Å²) in [6.45, 7) is 1.80. The molecule has 1 aromatic heterocycles. The van der Waals surface area contributed by atoms with E-state index in [9.17, 15) is 14.9 Å². The highest BCUT2D eigenvalue weighted by Crippen LogP contribution is 2.34. The molecule has 140 valence electrons. The number of hydrogen-bond acceptors (Lipinski definition) is 6. The summed E-state index contributed by atoms with van der Waals surface area (Å²) in [4.78, 5) is 30.1. The van der Waals surface area contributed by atoms with Crippen LogP contribution in [0.3, 0.4) is 0 Å². The molecule has 1 atom stereocenters. The molecule has 3 aromatic rings. The van der Waals surface area contributed by atoms with Gasteiger partial charge in [-0.05, 0) is 31.2 Å². The minimum atomic E-state index is -1.26. The van der Waals surface area contributed by atoms with Gasteiger partial charge in [0.15, 0.2) is 5.92 Å². The number of halogens is 1. The number of ketones is 1. The van der Waals surface area contributed by atoms with Crippen molar-refractivity contribution in [2.75, 3.05) is 6.61 Å². The van der Waals surface area contributed by atoms with E-state index in [1.807, 2.05) is 36.4 Å². The van der Waals surface area contributed by atoms with Crippen LogP contribution in [-0.2, 0) is 9.53 Å². The number of esters is 1. The van der Waals surface area contributed by atoms with Gasteiger partial charge in [-0.15, -0.1) is 11.3 Å². The first-order chi connectivity index (χ1) is 13.5. The summed E-state index contributed by atoms with van der Waals surface area (Å²) in [6, 6.07) is 18.2. The van der Waals surface area contributed by atoms with Crippen molar-refractivity contribution in [1.29, 1.82) is 5.26 Å². The van der Waals surface area contributed by atoms with Crippen LogP contribution in [0.25, 0.3) is 10.6 Å². The van der Waals surface area contributed by atoms with E-state index in [1.54, 1.807) is 31.2 Å². The Kier molecular flexibility index (Phi) is 6.34. The summed E-state index contributed by atoms with van der Waals surface area (Å²) in [5.74, 6) is -2.26. The smallest absolute Gasteiger partial charge is 0.329 e. The summed E-state index contributed by atoms with van der Waals surface area (Å²) >= 11 is 4.51. The number of hydrogen-bond donors (Lipinski definition) is 0. The predicted molar refractivity (Wildman–Crippen MR) is 110 cm³/mol. The molecule has 0 aliphatic carbocycles. The minimum Gasteiger partial charge on any atom is -0.465 e. The van der Waals surface area contributed by atoms with Gasteiger partial charge < -0.3 is 4.74 Å². The summed E-state index contributed by atoms with van der Waals surface area (Å²) in [7, 11) is 0. The molecule has 0 bridgehead atoms. The minimum absolute atomic E-state index is 0.137. The maximum Gasteiger partial charge on any atom is 0.329 e. The van der Waals surface area contributed by atoms with E-state index in [2.05, 4.69) is 20.9 Å². The lowest BCUT2D eigenvalue weighted by atomic mass is 10.0. The van der Waals surface area contributed by atoms with E-state index in [0.29, 0.717) is 10.6 Å². The first-order valence-electron chi connectivity index (χ1n) is 8.47. The van der Waals surface area contributed by atoms with Gasteiger partial charge in [-0.2, -0.15) is 5.26 Å². The number of ether oxygens (including phenoxy) is 1. The largest absolute Gasteiger partial charge is 0.465 e. The molecule has 0 fully saturated rings.